The Balaban J connectivity index is 2.38. The number of hydrogen-bond donors (Lipinski definition) is 2. The summed E-state index contributed by atoms with van der Waals surface area (Å²) in [6.07, 6.45) is 1.50. The van der Waals surface area contributed by atoms with Gasteiger partial charge in [0.15, 0.2) is 5.82 Å². The number of nitrogens with zero attached hydrogens (tertiary/aromatic N) is 2. The molecule has 0 unspecified atom stereocenters. The van der Waals surface area contributed by atoms with Gasteiger partial charge < -0.3 is 14.9 Å². The van der Waals surface area contributed by atoms with Crippen LogP contribution in [-0.2, 0) is 9.47 Å². The highest BCUT2D eigenvalue weighted by Crippen LogP contribution is 2.32. The first-order valence-electron chi connectivity index (χ1n) is 5.49. The minimum absolute atomic E-state index is 0.199. The van der Waals surface area contributed by atoms with Crippen LogP contribution in [0.5, 0.6) is 0 Å². The second kappa shape index (κ2) is 6.05. The highest BCUT2D eigenvalue weighted by atomic mass is 32.1. The summed E-state index contributed by atoms with van der Waals surface area (Å²) in [5.74, 6) is 6.27. The van der Waals surface area contributed by atoms with Crippen LogP contribution in [0.25, 0.3) is 10.2 Å². The predicted octanol–water partition coefficient (Wildman–Crippen LogP) is 1.35. The van der Waals surface area contributed by atoms with Crippen molar-refractivity contribution in [2.75, 3.05) is 32.9 Å². The lowest BCUT2D eigenvalue weighted by atomic mass is 10.1. The smallest absolute Gasteiger partial charge is 0.152 e. The molecule has 0 amide bonds. The summed E-state index contributed by atoms with van der Waals surface area (Å²) >= 11 is 1.61. The van der Waals surface area contributed by atoms with Crippen LogP contribution in [-0.4, -0.2) is 37.4 Å². The molecule has 7 heteroatoms. The molecule has 2 heterocycles. The molecule has 0 saturated heterocycles. The third-order valence-electron chi connectivity index (χ3n) is 2.62. The summed E-state index contributed by atoms with van der Waals surface area (Å²) in [6, 6.07) is 2.04. The molecule has 0 aliphatic rings. The summed E-state index contributed by atoms with van der Waals surface area (Å²) in [4.78, 5) is 10.4. The number of hydrogen-bond acceptors (Lipinski definition) is 7. The molecule has 2 rings (SSSR count). The fourth-order valence-electron chi connectivity index (χ4n) is 1.81. The first kappa shape index (κ1) is 13.2. The third kappa shape index (κ3) is 2.59. The Kier molecular flexibility index (Phi) is 4.43. The number of nitrogens with one attached hydrogen (secondary N) is 1. The Morgan fingerprint density at radius 2 is 2.06 bits per heavy atom. The van der Waals surface area contributed by atoms with Crippen molar-refractivity contribution in [1.82, 2.24) is 9.97 Å². The molecule has 2 aromatic rings. The van der Waals surface area contributed by atoms with Crippen molar-refractivity contribution in [3.63, 3.8) is 0 Å². The Hall–Kier alpha value is -1.28. The average molecular weight is 268 g/mol. The Labute approximate surface area is 109 Å². The molecule has 3 N–H and O–H groups in total. The molecule has 0 atom stereocenters. The Bertz CT molecular complexity index is 511. The number of fused-ring (bicyclic) bond motifs is 1. The zero-order valence-corrected chi connectivity index (χ0v) is 11.2. The molecule has 18 heavy (non-hydrogen) atoms. The maximum Gasteiger partial charge on any atom is 0.152 e. The lowest BCUT2D eigenvalue weighted by Crippen LogP contribution is -2.11. The van der Waals surface area contributed by atoms with Crippen molar-refractivity contribution in [1.29, 1.82) is 0 Å². The van der Waals surface area contributed by atoms with Gasteiger partial charge in [0.05, 0.1) is 18.6 Å². The second-order valence-electron chi connectivity index (χ2n) is 3.84. The predicted molar refractivity (Wildman–Crippen MR) is 71.7 cm³/mol. The second-order valence-corrected chi connectivity index (χ2v) is 4.90. The van der Waals surface area contributed by atoms with Crippen molar-refractivity contribution in [2.45, 2.75) is 5.92 Å². The van der Waals surface area contributed by atoms with Gasteiger partial charge in [-0.25, -0.2) is 15.8 Å². The fraction of sp³-hybridized carbons (Fsp3) is 0.455. The van der Waals surface area contributed by atoms with E-state index >= 15 is 0 Å². The van der Waals surface area contributed by atoms with Gasteiger partial charge in [0.2, 0.25) is 0 Å². The molecule has 6 nitrogen and oxygen atoms in total. The van der Waals surface area contributed by atoms with E-state index in [0.717, 1.165) is 15.1 Å². The van der Waals surface area contributed by atoms with Crippen LogP contribution in [0.1, 0.15) is 10.8 Å². The number of ether oxygens (including phenoxy) is 2. The number of aromatic nitrogens is 2. The Morgan fingerprint density at radius 1 is 1.33 bits per heavy atom. The summed E-state index contributed by atoms with van der Waals surface area (Å²) in [7, 11) is 3.37. The highest BCUT2D eigenvalue weighted by molar-refractivity contribution is 7.18. The minimum Gasteiger partial charge on any atom is -0.384 e. The molecular formula is C11H16N4O2S. The van der Waals surface area contributed by atoms with Crippen molar-refractivity contribution < 1.29 is 9.47 Å². The van der Waals surface area contributed by atoms with Crippen molar-refractivity contribution in [3.8, 4) is 0 Å². The van der Waals surface area contributed by atoms with Gasteiger partial charge in [-0.05, 0) is 6.07 Å². The van der Waals surface area contributed by atoms with Crippen LogP contribution < -0.4 is 11.3 Å². The topological polar surface area (TPSA) is 82.3 Å². The maximum absolute atomic E-state index is 5.43. The summed E-state index contributed by atoms with van der Waals surface area (Å²) in [5, 5.41) is 0.928. The number of methoxy groups -OCH3 is 2. The highest BCUT2D eigenvalue weighted by Gasteiger charge is 2.16. The molecule has 0 bridgehead atoms. The molecule has 0 aliphatic heterocycles. The third-order valence-corrected chi connectivity index (χ3v) is 3.83. The maximum atomic E-state index is 5.43. The SMILES string of the molecule is COCC(COC)c1cc2c(NN)ncnc2s1. The standard InChI is InChI=1S/C11H16N4O2S/c1-16-4-7(5-17-2)9-3-8-10(15-12)13-6-14-11(8)18-9/h3,6-7H,4-5,12H2,1-2H3,(H,13,14,15). The molecule has 98 valence electrons. The summed E-state index contributed by atoms with van der Waals surface area (Å²) < 4.78 is 10.4. The van der Waals surface area contributed by atoms with Gasteiger partial charge in [0.25, 0.3) is 0 Å². The first-order valence-corrected chi connectivity index (χ1v) is 6.30. The summed E-state index contributed by atoms with van der Waals surface area (Å²) in [6.45, 7) is 1.22. The summed E-state index contributed by atoms with van der Waals surface area (Å²) in [5.41, 5.74) is 2.58. The minimum atomic E-state index is 0.199. The van der Waals surface area contributed by atoms with Crippen LogP contribution in [0, 0.1) is 0 Å². The number of nitrogen functional groups attached to an aromatic ring is 1. The fourth-order valence-corrected chi connectivity index (χ4v) is 2.87. The lowest BCUT2D eigenvalue weighted by Gasteiger charge is -2.12. The van der Waals surface area contributed by atoms with Gasteiger partial charge >= 0.3 is 0 Å². The van der Waals surface area contributed by atoms with Gasteiger partial charge in [-0.2, -0.15) is 0 Å². The van der Waals surface area contributed by atoms with Gasteiger partial charge in [0.1, 0.15) is 11.2 Å². The van der Waals surface area contributed by atoms with Crippen LogP contribution >= 0.6 is 11.3 Å². The molecule has 0 saturated carbocycles. The number of anilines is 1. The van der Waals surface area contributed by atoms with Crippen molar-refractivity contribution in [2.24, 2.45) is 5.84 Å². The van der Waals surface area contributed by atoms with Crippen molar-refractivity contribution in [3.05, 3.63) is 17.3 Å². The quantitative estimate of drug-likeness (QED) is 0.608. The zero-order chi connectivity index (χ0) is 13.0. The number of hydrazine groups is 1. The number of thiophene rings is 1. The number of nitrogens with two attached hydrogens (primary N) is 1. The van der Waals surface area contributed by atoms with Gasteiger partial charge in [-0.3, -0.25) is 0 Å². The zero-order valence-electron chi connectivity index (χ0n) is 10.3. The van der Waals surface area contributed by atoms with E-state index in [2.05, 4.69) is 15.4 Å². The molecule has 0 fully saturated rings. The van der Waals surface area contributed by atoms with Crippen LogP contribution in [0.2, 0.25) is 0 Å². The molecule has 0 aliphatic carbocycles. The van der Waals surface area contributed by atoms with E-state index in [1.807, 2.05) is 6.07 Å². The van der Waals surface area contributed by atoms with Crippen LogP contribution in [0.4, 0.5) is 5.82 Å². The van der Waals surface area contributed by atoms with E-state index in [1.165, 1.54) is 6.33 Å². The Morgan fingerprint density at radius 3 is 2.67 bits per heavy atom. The van der Waals surface area contributed by atoms with E-state index in [4.69, 9.17) is 15.3 Å². The largest absolute Gasteiger partial charge is 0.384 e. The van der Waals surface area contributed by atoms with E-state index in [0.29, 0.717) is 19.0 Å². The van der Waals surface area contributed by atoms with Gasteiger partial charge in [0, 0.05) is 25.0 Å². The van der Waals surface area contributed by atoms with Gasteiger partial charge in [-0.15, -0.1) is 11.3 Å². The van der Waals surface area contributed by atoms with E-state index < -0.39 is 0 Å². The van der Waals surface area contributed by atoms with Crippen LogP contribution in [0.3, 0.4) is 0 Å². The monoisotopic (exact) mass is 268 g/mol. The van der Waals surface area contributed by atoms with Crippen molar-refractivity contribution >= 4 is 27.4 Å². The lowest BCUT2D eigenvalue weighted by molar-refractivity contribution is 0.118. The van der Waals surface area contributed by atoms with Crippen LogP contribution in [0.15, 0.2) is 12.4 Å². The normalized spacial score (nSPS) is 11.3. The molecule has 0 aromatic carbocycles. The average Bonchev–Trinajstić information content (AvgIpc) is 2.82. The first-order chi connectivity index (χ1) is 8.80. The van der Waals surface area contributed by atoms with E-state index in [-0.39, 0.29) is 5.92 Å². The molecule has 0 radical (unpaired) electrons. The molecule has 2 aromatic heterocycles. The van der Waals surface area contributed by atoms with Gasteiger partial charge in [-0.1, -0.05) is 0 Å². The van der Waals surface area contributed by atoms with E-state index in [1.54, 1.807) is 25.6 Å². The number of rotatable bonds is 6. The molecule has 0 spiro atoms. The molecular weight excluding hydrogens is 252 g/mol. The van der Waals surface area contributed by atoms with E-state index in [9.17, 15) is 0 Å².